The summed E-state index contributed by atoms with van der Waals surface area (Å²) < 4.78 is 0. The number of benzene rings is 2. The maximum Gasteiger partial charge on any atom is 0.276 e. The molecule has 0 atom stereocenters. The molecule has 0 saturated heterocycles. The second kappa shape index (κ2) is 7.13. The summed E-state index contributed by atoms with van der Waals surface area (Å²) in [5, 5.41) is 3.24. The van der Waals surface area contributed by atoms with Gasteiger partial charge < -0.3 is 10.2 Å². The van der Waals surface area contributed by atoms with Crippen LogP contribution >= 0.6 is 0 Å². The molecule has 0 bridgehead atoms. The number of anilines is 3. The van der Waals surface area contributed by atoms with E-state index in [0.29, 0.717) is 17.3 Å². The number of carbonyl (C=O) groups excluding carboxylic acids is 1. The van der Waals surface area contributed by atoms with Crippen LogP contribution in [0.1, 0.15) is 21.9 Å². The highest BCUT2D eigenvalue weighted by atomic mass is 16.2. The Bertz CT molecular complexity index is 893. The van der Waals surface area contributed by atoms with Crippen molar-refractivity contribution in [1.82, 2.24) is 9.97 Å². The van der Waals surface area contributed by atoms with Gasteiger partial charge in [0.25, 0.3) is 5.91 Å². The standard InChI is InChI=1S/C20H20N4O/c1-14-8-7-9-16(12-14)23-19-13-18(21-15(2)22-19)20(25)24(3)17-10-5-4-6-11-17/h4-13H,1-3H3,(H,21,22,23). The van der Waals surface area contributed by atoms with Gasteiger partial charge in [-0.3, -0.25) is 4.79 Å². The first-order valence-corrected chi connectivity index (χ1v) is 8.05. The van der Waals surface area contributed by atoms with Crippen LogP contribution in [0.15, 0.2) is 60.7 Å². The van der Waals surface area contributed by atoms with Crippen LogP contribution in [0.3, 0.4) is 0 Å². The lowest BCUT2D eigenvalue weighted by Crippen LogP contribution is -2.27. The predicted molar refractivity (Wildman–Crippen MR) is 100 cm³/mol. The van der Waals surface area contributed by atoms with Crippen molar-refractivity contribution in [3.8, 4) is 0 Å². The summed E-state index contributed by atoms with van der Waals surface area (Å²) in [5.41, 5.74) is 3.25. The lowest BCUT2D eigenvalue weighted by atomic mass is 10.2. The van der Waals surface area contributed by atoms with Gasteiger partial charge in [-0.1, -0.05) is 30.3 Å². The van der Waals surface area contributed by atoms with Gasteiger partial charge in [0.15, 0.2) is 0 Å². The fourth-order valence-electron chi connectivity index (χ4n) is 2.55. The number of carbonyl (C=O) groups is 1. The summed E-state index contributed by atoms with van der Waals surface area (Å²) in [6.07, 6.45) is 0. The summed E-state index contributed by atoms with van der Waals surface area (Å²) in [4.78, 5) is 23.0. The molecule has 0 aliphatic carbocycles. The van der Waals surface area contributed by atoms with Crippen molar-refractivity contribution in [3.63, 3.8) is 0 Å². The maximum absolute atomic E-state index is 12.8. The molecule has 3 rings (SSSR count). The molecule has 0 aliphatic heterocycles. The quantitative estimate of drug-likeness (QED) is 0.781. The summed E-state index contributed by atoms with van der Waals surface area (Å²) in [7, 11) is 1.74. The molecule has 0 unspecified atom stereocenters. The Hall–Kier alpha value is -3.21. The van der Waals surface area contributed by atoms with Crippen molar-refractivity contribution in [2.75, 3.05) is 17.3 Å². The van der Waals surface area contributed by atoms with Crippen LogP contribution in [-0.4, -0.2) is 22.9 Å². The molecule has 0 saturated carbocycles. The molecule has 0 fully saturated rings. The normalized spacial score (nSPS) is 10.4. The predicted octanol–water partition coefficient (Wildman–Crippen LogP) is 4.11. The zero-order valence-electron chi connectivity index (χ0n) is 14.5. The molecule has 5 heteroatoms. The first-order chi connectivity index (χ1) is 12.0. The molecular formula is C20H20N4O. The monoisotopic (exact) mass is 332 g/mol. The van der Waals surface area contributed by atoms with E-state index in [1.165, 1.54) is 0 Å². The third-order valence-electron chi connectivity index (χ3n) is 3.80. The van der Waals surface area contributed by atoms with Crippen molar-refractivity contribution < 1.29 is 4.79 Å². The minimum Gasteiger partial charge on any atom is -0.340 e. The van der Waals surface area contributed by atoms with Crippen LogP contribution in [-0.2, 0) is 0 Å². The first kappa shape index (κ1) is 16.6. The minimum atomic E-state index is -0.177. The van der Waals surface area contributed by atoms with Crippen LogP contribution in [0.25, 0.3) is 0 Å². The van der Waals surface area contributed by atoms with Crippen LogP contribution in [0.5, 0.6) is 0 Å². The zero-order chi connectivity index (χ0) is 17.8. The number of aryl methyl sites for hydroxylation is 2. The lowest BCUT2D eigenvalue weighted by Gasteiger charge is -2.17. The third-order valence-corrected chi connectivity index (χ3v) is 3.80. The molecule has 0 spiro atoms. The van der Waals surface area contributed by atoms with Crippen molar-refractivity contribution in [2.24, 2.45) is 0 Å². The van der Waals surface area contributed by atoms with E-state index in [-0.39, 0.29) is 5.91 Å². The molecule has 1 aromatic heterocycles. The second-order valence-electron chi connectivity index (χ2n) is 5.88. The van der Waals surface area contributed by atoms with E-state index >= 15 is 0 Å². The number of nitrogens with zero attached hydrogens (tertiary/aromatic N) is 3. The third kappa shape index (κ3) is 4.01. The van der Waals surface area contributed by atoms with Gasteiger partial charge in [-0.2, -0.15) is 0 Å². The molecule has 0 radical (unpaired) electrons. The van der Waals surface area contributed by atoms with Crippen molar-refractivity contribution in [3.05, 3.63) is 77.7 Å². The molecule has 3 aromatic rings. The molecule has 1 heterocycles. The molecule has 126 valence electrons. The van der Waals surface area contributed by atoms with E-state index in [1.807, 2.05) is 61.5 Å². The minimum absolute atomic E-state index is 0.177. The molecule has 2 aromatic carbocycles. The number of para-hydroxylation sites is 1. The highest BCUT2D eigenvalue weighted by Crippen LogP contribution is 2.19. The highest BCUT2D eigenvalue weighted by Gasteiger charge is 2.16. The Morgan fingerprint density at radius 3 is 2.44 bits per heavy atom. The van der Waals surface area contributed by atoms with Crippen molar-refractivity contribution in [2.45, 2.75) is 13.8 Å². The molecule has 0 aliphatic rings. The smallest absolute Gasteiger partial charge is 0.276 e. The number of amides is 1. The highest BCUT2D eigenvalue weighted by molar-refractivity contribution is 6.04. The average molecular weight is 332 g/mol. The number of hydrogen-bond acceptors (Lipinski definition) is 4. The van der Waals surface area contributed by atoms with Gasteiger partial charge in [-0.05, 0) is 43.7 Å². The summed E-state index contributed by atoms with van der Waals surface area (Å²) >= 11 is 0. The molecule has 1 N–H and O–H groups in total. The van der Waals surface area contributed by atoms with Gasteiger partial charge >= 0.3 is 0 Å². The maximum atomic E-state index is 12.8. The van der Waals surface area contributed by atoms with Crippen LogP contribution in [0.2, 0.25) is 0 Å². The summed E-state index contributed by atoms with van der Waals surface area (Å²) in [5.74, 6) is 0.967. The number of hydrogen-bond donors (Lipinski definition) is 1. The first-order valence-electron chi connectivity index (χ1n) is 8.05. The lowest BCUT2D eigenvalue weighted by molar-refractivity contribution is 0.0988. The van der Waals surface area contributed by atoms with Crippen LogP contribution in [0, 0.1) is 13.8 Å². The van der Waals surface area contributed by atoms with Gasteiger partial charge in [-0.15, -0.1) is 0 Å². The van der Waals surface area contributed by atoms with Crippen LogP contribution in [0.4, 0.5) is 17.2 Å². The number of aromatic nitrogens is 2. The zero-order valence-corrected chi connectivity index (χ0v) is 14.5. The fourth-order valence-corrected chi connectivity index (χ4v) is 2.55. The Morgan fingerprint density at radius 1 is 0.960 bits per heavy atom. The Balaban J connectivity index is 1.87. The van der Waals surface area contributed by atoms with Crippen molar-refractivity contribution in [1.29, 1.82) is 0 Å². The molecule has 25 heavy (non-hydrogen) atoms. The van der Waals surface area contributed by atoms with Gasteiger partial charge in [0.1, 0.15) is 17.3 Å². The topological polar surface area (TPSA) is 58.1 Å². The Labute approximate surface area is 147 Å². The summed E-state index contributed by atoms with van der Waals surface area (Å²) in [6, 6.07) is 19.1. The van der Waals surface area contributed by atoms with Gasteiger partial charge in [-0.25, -0.2) is 9.97 Å². The largest absolute Gasteiger partial charge is 0.340 e. The molecule has 1 amide bonds. The van der Waals surface area contributed by atoms with Crippen molar-refractivity contribution >= 4 is 23.1 Å². The van der Waals surface area contributed by atoms with E-state index in [1.54, 1.807) is 24.9 Å². The van der Waals surface area contributed by atoms with Gasteiger partial charge in [0, 0.05) is 24.5 Å². The number of rotatable bonds is 4. The fraction of sp³-hybridized carbons (Fsp3) is 0.150. The van der Waals surface area contributed by atoms with E-state index in [0.717, 1.165) is 16.9 Å². The van der Waals surface area contributed by atoms with Gasteiger partial charge in [0.2, 0.25) is 0 Å². The van der Waals surface area contributed by atoms with E-state index < -0.39 is 0 Å². The summed E-state index contributed by atoms with van der Waals surface area (Å²) in [6.45, 7) is 3.81. The Morgan fingerprint density at radius 2 is 1.72 bits per heavy atom. The Kier molecular flexibility index (Phi) is 4.75. The average Bonchev–Trinajstić information content (AvgIpc) is 2.60. The number of nitrogens with one attached hydrogen (secondary N) is 1. The van der Waals surface area contributed by atoms with Gasteiger partial charge in [0.05, 0.1) is 0 Å². The molecule has 5 nitrogen and oxygen atoms in total. The van der Waals surface area contributed by atoms with E-state index in [9.17, 15) is 4.79 Å². The second-order valence-corrected chi connectivity index (χ2v) is 5.88. The van der Waals surface area contributed by atoms with Crippen LogP contribution < -0.4 is 10.2 Å². The molecular weight excluding hydrogens is 312 g/mol. The van der Waals surface area contributed by atoms with E-state index in [2.05, 4.69) is 15.3 Å². The SMILES string of the molecule is Cc1cccc(Nc2cc(C(=O)N(C)c3ccccc3)nc(C)n2)c1. The van der Waals surface area contributed by atoms with E-state index in [4.69, 9.17) is 0 Å².